The lowest BCUT2D eigenvalue weighted by molar-refractivity contribution is -0.143. The van der Waals surface area contributed by atoms with Gasteiger partial charge in [-0.25, -0.2) is 4.79 Å². The largest absolute Gasteiger partial charge is 0.444 e. The normalized spacial score (nSPS) is 13.4. The molecule has 2 atom stereocenters. The molecule has 192 valence electrons. The van der Waals surface area contributed by atoms with Gasteiger partial charge in [0.25, 0.3) is 0 Å². The van der Waals surface area contributed by atoms with Crippen molar-refractivity contribution in [3.63, 3.8) is 0 Å². The summed E-state index contributed by atoms with van der Waals surface area (Å²) in [5.41, 5.74) is 1.84. The van der Waals surface area contributed by atoms with Crippen molar-refractivity contribution in [2.45, 2.75) is 92.5 Å². The van der Waals surface area contributed by atoms with Gasteiger partial charge in [0.1, 0.15) is 17.7 Å². The average molecular weight is 478 g/mol. The summed E-state index contributed by atoms with van der Waals surface area (Å²) < 4.78 is 5.37. The number of carbonyl (C=O) groups is 3. The first kappa shape index (κ1) is 29.4. The van der Waals surface area contributed by atoms with Crippen molar-refractivity contribution < 1.29 is 24.2 Å². The Morgan fingerprint density at radius 1 is 1.00 bits per heavy atom. The van der Waals surface area contributed by atoms with E-state index < -0.39 is 29.7 Å². The third kappa shape index (κ3) is 9.71. The topological polar surface area (TPSA) is 108 Å². The maximum Gasteiger partial charge on any atom is 0.408 e. The summed E-state index contributed by atoms with van der Waals surface area (Å²) in [6.45, 7) is 16.3. The molecule has 0 fully saturated rings. The maximum absolute atomic E-state index is 13.8. The molecule has 0 aliphatic heterocycles. The summed E-state index contributed by atoms with van der Waals surface area (Å²) in [7, 11) is 0. The highest BCUT2D eigenvalue weighted by Gasteiger charge is 2.36. The summed E-state index contributed by atoms with van der Waals surface area (Å²) in [4.78, 5) is 41.0. The Morgan fingerprint density at radius 3 is 2.00 bits per heavy atom. The van der Waals surface area contributed by atoms with Gasteiger partial charge in [-0.15, -0.1) is 0 Å². The Bertz CT molecular complexity index is 825. The number of nitrogens with one attached hydrogen (secondary N) is 2. The van der Waals surface area contributed by atoms with Crippen LogP contribution in [0.25, 0.3) is 0 Å². The highest BCUT2D eigenvalue weighted by Crippen LogP contribution is 2.26. The van der Waals surface area contributed by atoms with Crippen molar-refractivity contribution in [2.24, 2.45) is 5.92 Å². The minimum atomic E-state index is -0.962. The standard InChI is InChI=1S/C26H43N3O5/c1-16(2)12-21(28-25(33)34-26(7,8)9)24(32)29(10-11-30)22(23(31)27-17(3)4)20-14-18(5)13-19(6)15-20/h13-17,21-22,30H,10-12H2,1-9H3,(H,27,31)(H,28,33). The minimum absolute atomic E-state index is 0.0629. The Kier molecular flexibility index (Phi) is 11.0. The summed E-state index contributed by atoms with van der Waals surface area (Å²) in [6, 6.07) is 3.71. The van der Waals surface area contributed by atoms with Crippen LogP contribution < -0.4 is 10.6 Å². The maximum atomic E-state index is 13.8. The van der Waals surface area contributed by atoms with E-state index in [4.69, 9.17) is 4.74 Å². The molecule has 1 aromatic carbocycles. The van der Waals surface area contributed by atoms with E-state index in [0.717, 1.165) is 11.1 Å². The smallest absolute Gasteiger partial charge is 0.408 e. The first-order valence-corrected chi connectivity index (χ1v) is 11.9. The minimum Gasteiger partial charge on any atom is -0.444 e. The molecule has 8 heteroatoms. The van der Waals surface area contributed by atoms with E-state index in [2.05, 4.69) is 10.6 Å². The van der Waals surface area contributed by atoms with Crippen LogP contribution in [-0.2, 0) is 14.3 Å². The molecule has 0 heterocycles. The number of rotatable bonds is 10. The number of aryl methyl sites for hydroxylation is 2. The van der Waals surface area contributed by atoms with E-state index in [1.54, 1.807) is 20.8 Å². The van der Waals surface area contributed by atoms with Gasteiger partial charge >= 0.3 is 6.09 Å². The Labute approximate surface area is 204 Å². The van der Waals surface area contributed by atoms with Crippen LogP contribution in [0.5, 0.6) is 0 Å². The molecule has 1 aromatic rings. The van der Waals surface area contributed by atoms with Gasteiger partial charge in [-0.2, -0.15) is 0 Å². The molecular weight excluding hydrogens is 434 g/mol. The fraction of sp³-hybridized carbons (Fsp3) is 0.654. The van der Waals surface area contributed by atoms with Gasteiger partial charge in [0.15, 0.2) is 0 Å². The Morgan fingerprint density at radius 2 is 1.56 bits per heavy atom. The number of carbonyl (C=O) groups excluding carboxylic acids is 3. The number of alkyl carbamates (subject to hydrolysis) is 1. The molecule has 0 radical (unpaired) electrons. The first-order valence-electron chi connectivity index (χ1n) is 11.9. The van der Waals surface area contributed by atoms with Crippen LogP contribution in [0.1, 0.15) is 77.6 Å². The Hall–Kier alpha value is -2.61. The lowest BCUT2D eigenvalue weighted by Crippen LogP contribution is -2.54. The van der Waals surface area contributed by atoms with Crippen molar-refractivity contribution in [1.82, 2.24) is 15.5 Å². The van der Waals surface area contributed by atoms with Crippen molar-refractivity contribution in [3.8, 4) is 0 Å². The lowest BCUT2D eigenvalue weighted by atomic mass is 9.97. The molecular formula is C26H43N3O5. The monoisotopic (exact) mass is 477 g/mol. The molecule has 0 saturated heterocycles. The fourth-order valence-corrected chi connectivity index (χ4v) is 3.82. The zero-order valence-corrected chi connectivity index (χ0v) is 22.2. The summed E-state index contributed by atoms with van der Waals surface area (Å²) >= 11 is 0. The van der Waals surface area contributed by atoms with E-state index in [9.17, 15) is 19.5 Å². The lowest BCUT2D eigenvalue weighted by Gasteiger charge is -2.35. The zero-order chi connectivity index (χ0) is 26.2. The third-order valence-corrected chi connectivity index (χ3v) is 4.87. The van der Waals surface area contributed by atoms with Crippen molar-refractivity contribution in [1.29, 1.82) is 0 Å². The summed E-state index contributed by atoms with van der Waals surface area (Å²) in [6.07, 6.45) is -0.351. The van der Waals surface area contributed by atoms with Gasteiger partial charge < -0.3 is 25.4 Å². The van der Waals surface area contributed by atoms with E-state index in [-0.39, 0.29) is 31.0 Å². The predicted molar refractivity (Wildman–Crippen MR) is 133 cm³/mol. The number of nitrogens with zero attached hydrogens (tertiary/aromatic N) is 1. The van der Waals surface area contributed by atoms with Crippen molar-refractivity contribution >= 4 is 17.9 Å². The third-order valence-electron chi connectivity index (χ3n) is 4.87. The van der Waals surface area contributed by atoms with E-state index >= 15 is 0 Å². The molecule has 8 nitrogen and oxygen atoms in total. The van der Waals surface area contributed by atoms with Crippen LogP contribution in [0.2, 0.25) is 0 Å². The molecule has 0 saturated carbocycles. The number of hydrogen-bond acceptors (Lipinski definition) is 5. The van der Waals surface area contributed by atoms with Gasteiger partial charge in [-0.3, -0.25) is 9.59 Å². The van der Waals surface area contributed by atoms with Crippen LogP contribution in [0.4, 0.5) is 4.79 Å². The highest BCUT2D eigenvalue weighted by atomic mass is 16.6. The number of ether oxygens (including phenoxy) is 1. The van der Waals surface area contributed by atoms with Crippen molar-refractivity contribution in [3.05, 3.63) is 34.9 Å². The van der Waals surface area contributed by atoms with E-state index in [1.165, 1.54) is 4.90 Å². The SMILES string of the molecule is Cc1cc(C)cc(C(C(=O)NC(C)C)N(CCO)C(=O)C(CC(C)C)NC(=O)OC(C)(C)C)c1. The fourth-order valence-electron chi connectivity index (χ4n) is 3.82. The number of aliphatic hydroxyl groups is 1. The highest BCUT2D eigenvalue weighted by molar-refractivity contribution is 5.92. The molecule has 2 unspecified atom stereocenters. The Balaban J connectivity index is 3.47. The quantitative estimate of drug-likeness (QED) is 0.477. The van der Waals surface area contributed by atoms with Crippen LogP contribution in [0.15, 0.2) is 18.2 Å². The first-order chi connectivity index (χ1) is 15.6. The number of amides is 3. The molecule has 3 N–H and O–H groups in total. The van der Waals surface area contributed by atoms with Crippen molar-refractivity contribution in [2.75, 3.05) is 13.2 Å². The van der Waals surface area contributed by atoms with Gasteiger partial charge in [0, 0.05) is 12.6 Å². The van der Waals surface area contributed by atoms with Crippen LogP contribution in [0.3, 0.4) is 0 Å². The summed E-state index contributed by atoms with van der Waals surface area (Å²) in [5.74, 6) is -0.706. The molecule has 0 bridgehead atoms. The van der Waals surface area contributed by atoms with E-state index in [0.29, 0.717) is 12.0 Å². The molecule has 0 spiro atoms. The number of aliphatic hydroxyl groups excluding tert-OH is 1. The van der Waals surface area contributed by atoms with Crippen LogP contribution >= 0.6 is 0 Å². The molecule has 0 aliphatic rings. The molecule has 1 rings (SSSR count). The number of benzene rings is 1. The van der Waals surface area contributed by atoms with Gasteiger partial charge in [0.05, 0.1) is 6.61 Å². The summed E-state index contributed by atoms with van der Waals surface area (Å²) in [5, 5.41) is 15.4. The van der Waals surface area contributed by atoms with Crippen LogP contribution in [-0.4, -0.2) is 58.8 Å². The molecule has 34 heavy (non-hydrogen) atoms. The zero-order valence-electron chi connectivity index (χ0n) is 22.2. The molecule has 0 aliphatic carbocycles. The van der Waals surface area contributed by atoms with Gasteiger partial charge in [-0.1, -0.05) is 43.2 Å². The van der Waals surface area contributed by atoms with Gasteiger partial charge in [0.2, 0.25) is 11.8 Å². The van der Waals surface area contributed by atoms with E-state index in [1.807, 2.05) is 59.7 Å². The predicted octanol–water partition coefficient (Wildman–Crippen LogP) is 3.63. The second kappa shape index (κ2) is 12.7. The average Bonchev–Trinajstić information content (AvgIpc) is 2.63. The van der Waals surface area contributed by atoms with Gasteiger partial charge in [-0.05, 0) is 66.4 Å². The second-order valence-corrected chi connectivity index (χ2v) is 10.6. The second-order valence-electron chi connectivity index (χ2n) is 10.6. The van der Waals surface area contributed by atoms with Crippen LogP contribution in [0, 0.1) is 19.8 Å². The molecule has 3 amide bonds. The molecule has 0 aromatic heterocycles. The number of hydrogen-bond donors (Lipinski definition) is 3.